The SMILES string of the molecule is COc1cccc(-c2cc3n(n2)C(NCc2ccc(C(F)(F)F)cc2)CNC3=O)c1. The quantitative estimate of drug-likeness (QED) is 0.667. The van der Waals surface area contributed by atoms with Crippen molar-refractivity contribution in [2.24, 2.45) is 0 Å². The zero-order valence-electron chi connectivity index (χ0n) is 16.0. The number of hydrogen-bond donors (Lipinski definition) is 2. The van der Waals surface area contributed by atoms with Crippen LogP contribution in [-0.2, 0) is 12.7 Å². The maximum Gasteiger partial charge on any atom is 0.416 e. The van der Waals surface area contributed by atoms with Crippen LogP contribution in [0.15, 0.2) is 54.6 Å². The lowest BCUT2D eigenvalue weighted by molar-refractivity contribution is -0.137. The van der Waals surface area contributed by atoms with Crippen LogP contribution in [0, 0.1) is 0 Å². The summed E-state index contributed by atoms with van der Waals surface area (Å²) < 4.78 is 45.0. The fourth-order valence-corrected chi connectivity index (χ4v) is 3.30. The Labute approximate surface area is 170 Å². The first-order valence-corrected chi connectivity index (χ1v) is 9.27. The molecule has 2 heterocycles. The van der Waals surface area contributed by atoms with Gasteiger partial charge >= 0.3 is 6.18 Å². The molecule has 9 heteroatoms. The van der Waals surface area contributed by atoms with Crippen molar-refractivity contribution in [1.82, 2.24) is 20.4 Å². The minimum atomic E-state index is -4.36. The third kappa shape index (κ3) is 4.02. The van der Waals surface area contributed by atoms with Crippen LogP contribution in [0.25, 0.3) is 11.3 Å². The molecule has 0 aliphatic carbocycles. The molecule has 1 aliphatic heterocycles. The van der Waals surface area contributed by atoms with E-state index in [-0.39, 0.29) is 12.1 Å². The van der Waals surface area contributed by atoms with Crippen molar-refractivity contribution in [2.75, 3.05) is 13.7 Å². The Bertz CT molecular complexity index is 1060. The number of carbonyl (C=O) groups excluding carboxylic acids is 1. The van der Waals surface area contributed by atoms with Crippen molar-refractivity contribution in [2.45, 2.75) is 18.9 Å². The van der Waals surface area contributed by atoms with Gasteiger partial charge in [0.25, 0.3) is 5.91 Å². The summed E-state index contributed by atoms with van der Waals surface area (Å²) in [6, 6.07) is 14.0. The van der Waals surface area contributed by atoms with Crippen LogP contribution in [0.1, 0.15) is 27.8 Å². The van der Waals surface area contributed by atoms with E-state index >= 15 is 0 Å². The molecule has 0 radical (unpaired) electrons. The molecule has 0 spiro atoms. The van der Waals surface area contributed by atoms with Crippen molar-refractivity contribution in [3.05, 3.63) is 71.4 Å². The van der Waals surface area contributed by atoms with Gasteiger partial charge in [0.1, 0.15) is 17.6 Å². The number of nitrogens with one attached hydrogen (secondary N) is 2. The summed E-state index contributed by atoms with van der Waals surface area (Å²) in [7, 11) is 1.58. The molecule has 156 valence electrons. The molecule has 30 heavy (non-hydrogen) atoms. The Balaban J connectivity index is 1.53. The normalized spacial score (nSPS) is 16.1. The molecule has 1 atom stereocenters. The largest absolute Gasteiger partial charge is 0.497 e. The second-order valence-electron chi connectivity index (χ2n) is 6.89. The second-order valence-corrected chi connectivity index (χ2v) is 6.89. The molecule has 0 bridgehead atoms. The van der Waals surface area contributed by atoms with E-state index in [1.54, 1.807) is 17.9 Å². The molecule has 3 aromatic rings. The fourth-order valence-electron chi connectivity index (χ4n) is 3.30. The molecular formula is C21H19F3N4O2. The number of hydrogen-bond acceptors (Lipinski definition) is 4. The van der Waals surface area contributed by atoms with Crippen LogP contribution in [0.4, 0.5) is 13.2 Å². The number of halogens is 3. The standard InChI is InChI=1S/C21H19F3N4O2/c1-30-16-4-2-3-14(9-16)17-10-18-20(29)26-12-19(28(18)27-17)25-11-13-5-7-15(8-6-13)21(22,23)24/h2-10,19,25H,11-12H2,1H3,(H,26,29). The van der Waals surface area contributed by atoms with Crippen LogP contribution in [0.2, 0.25) is 0 Å². The predicted octanol–water partition coefficient (Wildman–Crippen LogP) is 3.61. The van der Waals surface area contributed by atoms with E-state index < -0.39 is 11.7 Å². The van der Waals surface area contributed by atoms with E-state index in [4.69, 9.17) is 4.74 Å². The number of fused-ring (bicyclic) bond motifs is 1. The molecule has 1 aromatic heterocycles. The number of amides is 1. The van der Waals surface area contributed by atoms with Gasteiger partial charge in [0, 0.05) is 12.1 Å². The number of alkyl halides is 3. The van der Waals surface area contributed by atoms with Crippen molar-refractivity contribution < 1.29 is 22.7 Å². The summed E-state index contributed by atoms with van der Waals surface area (Å²) in [4.78, 5) is 12.3. The summed E-state index contributed by atoms with van der Waals surface area (Å²) in [5, 5.41) is 10.6. The van der Waals surface area contributed by atoms with Gasteiger partial charge in [-0.3, -0.25) is 10.1 Å². The summed E-state index contributed by atoms with van der Waals surface area (Å²) >= 11 is 0. The van der Waals surface area contributed by atoms with Crippen molar-refractivity contribution in [3.63, 3.8) is 0 Å². The summed E-state index contributed by atoms with van der Waals surface area (Å²) in [5.74, 6) is 0.448. The summed E-state index contributed by atoms with van der Waals surface area (Å²) in [5.41, 5.74) is 1.85. The molecular weight excluding hydrogens is 397 g/mol. The van der Waals surface area contributed by atoms with Gasteiger partial charge < -0.3 is 10.1 Å². The number of rotatable bonds is 5. The average molecular weight is 416 g/mol. The predicted molar refractivity (Wildman–Crippen MR) is 104 cm³/mol. The number of ether oxygens (including phenoxy) is 1. The lowest BCUT2D eigenvalue weighted by atomic mass is 10.1. The van der Waals surface area contributed by atoms with Crippen LogP contribution >= 0.6 is 0 Å². The number of methoxy groups -OCH3 is 1. The number of aromatic nitrogens is 2. The first-order chi connectivity index (χ1) is 14.3. The zero-order chi connectivity index (χ0) is 21.3. The van der Waals surface area contributed by atoms with Crippen LogP contribution in [0.5, 0.6) is 5.75 Å². The molecule has 6 nitrogen and oxygen atoms in total. The van der Waals surface area contributed by atoms with Gasteiger partial charge in [0.15, 0.2) is 0 Å². The Morgan fingerprint density at radius 3 is 2.67 bits per heavy atom. The van der Waals surface area contributed by atoms with Crippen LogP contribution in [0.3, 0.4) is 0 Å². The van der Waals surface area contributed by atoms with Crippen molar-refractivity contribution >= 4 is 5.91 Å². The van der Waals surface area contributed by atoms with E-state index in [2.05, 4.69) is 15.7 Å². The topological polar surface area (TPSA) is 68.2 Å². The number of nitrogens with zero attached hydrogens (tertiary/aromatic N) is 2. The maximum absolute atomic E-state index is 12.7. The average Bonchev–Trinajstić information content (AvgIpc) is 3.20. The van der Waals surface area contributed by atoms with Crippen molar-refractivity contribution in [3.8, 4) is 17.0 Å². The van der Waals surface area contributed by atoms with E-state index in [1.807, 2.05) is 24.3 Å². The van der Waals surface area contributed by atoms with E-state index in [0.29, 0.717) is 35.8 Å². The highest BCUT2D eigenvalue weighted by molar-refractivity contribution is 5.94. The van der Waals surface area contributed by atoms with E-state index in [9.17, 15) is 18.0 Å². The molecule has 0 saturated carbocycles. The molecule has 1 amide bonds. The van der Waals surface area contributed by atoms with Gasteiger partial charge in [-0.2, -0.15) is 18.3 Å². The maximum atomic E-state index is 12.7. The third-order valence-electron chi connectivity index (χ3n) is 4.91. The molecule has 2 N–H and O–H groups in total. The minimum Gasteiger partial charge on any atom is -0.497 e. The number of benzene rings is 2. The number of carbonyl (C=O) groups is 1. The van der Waals surface area contributed by atoms with E-state index in [1.165, 1.54) is 12.1 Å². The lowest BCUT2D eigenvalue weighted by Gasteiger charge is -2.26. The first-order valence-electron chi connectivity index (χ1n) is 9.27. The first kappa shape index (κ1) is 20.0. The minimum absolute atomic E-state index is 0.232. The smallest absolute Gasteiger partial charge is 0.416 e. The Morgan fingerprint density at radius 1 is 1.20 bits per heavy atom. The molecule has 4 rings (SSSR count). The summed E-state index contributed by atoms with van der Waals surface area (Å²) in [6.45, 7) is 0.637. The van der Waals surface area contributed by atoms with Crippen LogP contribution < -0.4 is 15.4 Å². The second kappa shape index (κ2) is 7.83. The van der Waals surface area contributed by atoms with Gasteiger partial charge in [0.05, 0.1) is 24.9 Å². The van der Waals surface area contributed by atoms with Gasteiger partial charge in [-0.1, -0.05) is 24.3 Å². The van der Waals surface area contributed by atoms with Gasteiger partial charge in [-0.05, 0) is 35.9 Å². The van der Waals surface area contributed by atoms with Gasteiger partial charge in [0.2, 0.25) is 0 Å². The Hall–Kier alpha value is -3.33. The van der Waals surface area contributed by atoms with Gasteiger partial charge in [-0.15, -0.1) is 0 Å². The van der Waals surface area contributed by atoms with Gasteiger partial charge in [-0.25, -0.2) is 4.68 Å². The highest BCUT2D eigenvalue weighted by Crippen LogP contribution is 2.29. The van der Waals surface area contributed by atoms with E-state index in [0.717, 1.165) is 17.7 Å². The molecule has 0 saturated heterocycles. The zero-order valence-corrected chi connectivity index (χ0v) is 16.0. The fraction of sp³-hybridized carbons (Fsp3) is 0.238. The molecule has 1 unspecified atom stereocenters. The van der Waals surface area contributed by atoms with Crippen molar-refractivity contribution in [1.29, 1.82) is 0 Å². The third-order valence-corrected chi connectivity index (χ3v) is 4.91. The molecule has 2 aromatic carbocycles. The molecule has 0 fully saturated rings. The Kier molecular flexibility index (Phi) is 5.21. The molecule has 1 aliphatic rings. The lowest BCUT2D eigenvalue weighted by Crippen LogP contribution is -2.45. The highest BCUT2D eigenvalue weighted by atomic mass is 19.4. The Morgan fingerprint density at radius 2 is 1.97 bits per heavy atom. The van der Waals surface area contributed by atoms with Crippen LogP contribution in [-0.4, -0.2) is 29.3 Å². The highest BCUT2D eigenvalue weighted by Gasteiger charge is 2.30. The monoisotopic (exact) mass is 416 g/mol. The summed E-state index contributed by atoms with van der Waals surface area (Å²) in [6.07, 6.45) is -4.69.